The molecule has 7 nitrogen and oxygen atoms in total. The maximum Gasteiger partial charge on any atom is 0.329 e. The summed E-state index contributed by atoms with van der Waals surface area (Å²) in [6.07, 6.45) is 3.02. The predicted octanol–water partition coefficient (Wildman–Crippen LogP) is 2.35. The fourth-order valence-corrected chi connectivity index (χ4v) is 1.97. The number of rotatable bonds is 7. The molecule has 2 aromatic rings. The summed E-state index contributed by atoms with van der Waals surface area (Å²) in [5, 5.41) is 6.25. The zero-order valence-electron chi connectivity index (χ0n) is 14.3. The van der Waals surface area contributed by atoms with Crippen LogP contribution in [-0.2, 0) is 9.59 Å². The summed E-state index contributed by atoms with van der Waals surface area (Å²) in [7, 11) is 1.51. The van der Waals surface area contributed by atoms with Gasteiger partial charge in [0.2, 0.25) is 0 Å². The van der Waals surface area contributed by atoms with Crippen molar-refractivity contribution in [1.29, 1.82) is 0 Å². The number of hydrogen-bond donors (Lipinski definition) is 2. The van der Waals surface area contributed by atoms with E-state index < -0.39 is 11.8 Å². The van der Waals surface area contributed by atoms with Crippen LogP contribution >= 0.6 is 0 Å². The van der Waals surface area contributed by atoms with Gasteiger partial charge in [-0.15, -0.1) is 0 Å². The molecule has 0 atom stereocenters. The van der Waals surface area contributed by atoms with Crippen LogP contribution in [0.3, 0.4) is 0 Å². The number of methoxy groups -OCH3 is 1. The number of para-hydroxylation sites is 1. The Morgan fingerprint density at radius 1 is 1.15 bits per heavy atom. The zero-order valence-corrected chi connectivity index (χ0v) is 14.3. The van der Waals surface area contributed by atoms with Gasteiger partial charge in [0.1, 0.15) is 18.1 Å². The Bertz CT molecular complexity index is 818. The number of amides is 2. The number of hydrogen-bond acceptors (Lipinski definition) is 5. The Kier molecular flexibility index (Phi) is 6.93. The van der Waals surface area contributed by atoms with Gasteiger partial charge in [-0.2, -0.15) is 5.10 Å². The molecule has 2 amide bonds. The van der Waals surface area contributed by atoms with Crippen LogP contribution in [-0.4, -0.2) is 31.7 Å². The monoisotopic (exact) mass is 353 g/mol. The van der Waals surface area contributed by atoms with Gasteiger partial charge in [-0.25, -0.2) is 5.43 Å². The molecule has 0 aliphatic rings. The van der Waals surface area contributed by atoms with Gasteiger partial charge < -0.3 is 14.8 Å². The van der Waals surface area contributed by atoms with Crippen LogP contribution in [0, 0.1) is 0 Å². The number of nitrogens with one attached hydrogen (secondary N) is 2. The number of nitrogens with zero attached hydrogens (tertiary/aromatic N) is 1. The van der Waals surface area contributed by atoms with E-state index >= 15 is 0 Å². The summed E-state index contributed by atoms with van der Waals surface area (Å²) < 4.78 is 10.5. The number of benzene rings is 2. The lowest BCUT2D eigenvalue weighted by molar-refractivity contribution is -0.136. The first kappa shape index (κ1) is 18.7. The van der Waals surface area contributed by atoms with E-state index in [2.05, 4.69) is 22.4 Å². The number of hydrazone groups is 1. The summed E-state index contributed by atoms with van der Waals surface area (Å²) >= 11 is 0. The van der Waals surface area contributed by atoms with E-state index in [1.54, 1.807) is 48.5 Å². The third-order valence-corrected chi connectivity index (χ3v) is 3.18. The Balaban J connectivity index is 1.94. The van der Waals surface area contributed by atoms with Gasteiger partial charge in [0, 0.05) is 17.3 Å². The molecule has 0 bridgehead atoms. The molecule has 134 valence electrons. The average molecular weight is 353 g/mol. The molecule has 7 heteroatoms. The third-order valence-electron chi connectivity index (χ3n) is 3.18. The second-order valence-corrected chi connectivity index (χ2v) is 5.02. The maximum atomic E-state index is 11.9. The molecule has 0 unspecified atom stereocenters. The minimum absolute atomic E-state index is 0.347. The molecule has 0 fully saturated rings. The van der Waals surface area contributed by atoms with Gasteiger partial charge in [0.25, 0.3) is 0 Å². The van der Waals surface area contributed by atoms with E-state index in [1.165, 1.54) is 13.3 Å². The van der Waals surface area contributed by atoms with Crippen LogP contribution in [0.15, 0.2) is 66.3 Å². The van der Waals surface area contributed by atoms with Crippen LogP contribution in [0.5, 0.6) is 11.5 Å². The number of ether oxygens (including phenoxy) is 2. The number of anilines is 1. The summed E-state index contributed by atoms with van der Waals surface area (Å²) in [6, 6.07) is 13.8. The highest BCUT2D eigenvalue weighted by Gasteiger charge is 2.13. The van der Waals surface area contributed by atoms with Crippen molar-refractivity contribution in [3.05, 3.63) is 66.7 Å². The molecule has 0 spiro atoms. The van der Waals surface area contributed by atoms with Crippen LogP contribution in [0.25, 0.3) is 0 Å². The lowest BCUT2D eigenvalue weighted by Crippen LogP contribution is -2.32. The Morgan fingerprint density at radius 3 is 2.73 bits per heavy atom. The molecule has 0 saturated carbocycles. The first-order chi connectivity index (χ1) is 12.6. The normalized spacial score (nSPS) is 10.2. The largest absolute Gasteiger partial charge is 0.497 e. The Hall–Kier alpha value is -3.61. The van der Waals surface area contributed by atoms with E-state index in [9.17, 15) is 9.59 Å². The fourth-order valence-electron chi connectivity index (χ4n) is 1.97. The van der Waals surface area contributed by atoms with Gasteiger partial charge in [0.15, 0.2) is 0 Å². The van der Waals surface area contributed by atoms with Crippen LogP contribution < -0.4 is 20.2 Å². The highest BCUT2D eigenvalue weighted by molar-refractivity contribution is 6.39. The molecule has 2 N–H and O–H groups in total. The topological polar surface area (TPSA) is 89.0 Å². The molecule has 0 aliphatic carbocycles. The Morgan fingerprint density at radius 2 is 1.96 bits per heavy atom. The highest BCUT2D eigenvalue weighted by atomic mass is 16.5. The standard InChI is InChI=1S/C19H19N3O4/c1-3-11-26-17-10-5-4-7-14(17)13-20-22-19(24)18(23)21-15-8-6-9-16(12-15)25-2/h3-10,12-13H,1,11H2,2H3,(H,21,23)(H,22,24)/b20-13+. The van der Waals surface area contributed by atoms with E-state index in [0.29, 0.717) is 29.4 Å². The molecule has 2 aromatic carbocycles. The minimum Gasteiger partial charge on any atom is -0.497 e. The summed E-state index contributed by atoms with van der Waals surface area (Å²) in [4.78, 5) is 23.7. The van der Waals surface area contributed by atoms with E-state index in [4.69, 9.17) is 9.47 Å². The summed E-state index contributed by atoms with van der Waals surface area (Å²) in [5.41, 5.74) is 3.27. The third kappa shape index (κ3) is 5.48. The van der Waals surface area contributed by atoms with Crippen molar-refractivity contribution in [3.8, 4) is 11.5 Å². The molecular weight excluding hydrogens is 334 g/mol. The highest BCUT2D eigenvalue weighted by Crippen LogP contribution is 2.17. The van der Waals surface area contributed by atoms with Crippen molar-refractivity contribution in [3.63, 3.8) is 0 Å². The van der Waals surface area contributed by atoms with Gasteiger partial charge in [-0.3, -0.25) is 9.59 Å². The van der Waals surface area contributed by atoms with Gasteiger partial charge in [-0.1, -0.05) is 30.9 Å². The molecule has 0 aromatic heterocycles. The average Bonchev–Trinajstić information content (AvgIpc) is 2.67. The van der Waals surface area contributed by atoms with Crippen molar-refractivity contribution in [2.24, 2.45) is 5.10 Å². The first-order valence-electron chi connectivity index (χ1n) is 7.75. The molecule has 2 rings (SSSR count). The minimum atomic E-state index is -0.895. The lowest BCUT2D eigenvalue weighted by Gasteiger charge is -2.07. The Labute approximate surface area is 151 Å². The molecule has 0 radical (unpaired) electrons. The second kappa shape index (κ2) is 9.63. The molecule has 0 heterocycles. The van der Waals surface area contributed by atoms with Crippen molar-refractivity contribution in [2.45, 2.75) is 0 Å². The van der Waals surface area contributed by atoms with Gasteiger partial charge in [-0.05, 0) is 24.3 Å². The predicted molar refractivity (Wildman–Crippen MR) is 99.5 cm³/mol. The number of carbonyl (C=O) groups is 2. The van der Waals surface area contributed by atoms with E-state index in [1.807, 2.05) is 6.07 Å². The van der Waals surface area contributed by atoms with Crippen molar-refractivity contribution < 1.29 is 19.1 Å². The van der Waals surface area contributed by atoms with E-state index in [0.717, 1.165) is 0 Å². The van der Waals surface area contributed by atoms with Crippen LogP contribution in [0.4, 0.5) is 5.69 Å². The smallest absolute Gasteiger partial charge is 0.329 e. The molecule has 0 aliphatic heterocycles. The van der Waals surface area contributed by atoms with Crippen LogP contribution in [0.1, 0.15) is 5.56 Å². The zero-order chi connectivity index (χ0) is 18.8. The number of carbonyl (C=O) groups excluding carboxylic acids is 2. The summed E-state index contributed by atoms with van der Waals surface area (Å²) in [6.45, 7) is 3.93. The van der Waals surface area contributed by atoms with Gasteiger partial charge in [0.05, 0.1) is 13.3 Å². The maximum absolute atomic E-state index is 11.9. The SMILES string of the molecule is C=CCOc1ccccc1/C=N/NC(=O)C(=O)Nc1cccc(OC)c1. The van der Waals surface area contributed by atoms with E-state index in [-0.39, 0.29) is 0 Å². The lowest BCUT2D eigenvalue weighted by atomic mass is 10.2. The van der Waals surface area contributed by atoms with Crippen molar-refractivity contribution in [2.75, 3.05) is 19.0 Å². The quantitative estimate of drug-likeness (QED) is 0.346. The summed E-state index contributed by atoms with van der Waals surface area (Å²) in [5.74, 6) is -0.580. The molecule has 26 heavy (non-hydrogen) atoms. The molecule has 0 saturated heterocycles. The first-order valence-corrected chi connectivity index (χ1v) is 7.75. The second-order valence-electron chi connectivity index (χ2n) is 5.02. The fraction of sp³-hybridized carbons (Fsp3) is 0.105. The van der Waals surface area contributed by atoms with Gasteiger partial charge >= 0.3 is 11.8 Å². The van der Waals surface area contributed by atoms with Crippen molar-refractivity contribution in [1.82, 2.24) is 5.43 Å². The van der Waals surface area contributed by atoms with Crippen LogP contribution in [0.2, 0.25) is 0 Å². The van der Waals surface area contributed by atoms with Crippen molar-refractivity contribution >= 4 is 23.7 Å². The molecular formula is C19H19N3O4.